The molecule has 0 saturated heterocycles. The number of hydrogen-bond donors (Lipinski definition) is 1. The molecule has 1 N–H and O–H groups in total. The van der Waals surface area contributed by atoms with Crippen LogP contribution in [0.15, 0.2) is 29.6 Å². The number of rotatable bonds is 1. The highest BCUT2D eigenvalue weighted by Gasteiger charge is 2.08. The van der Waals surface area contributed by atoms with Gasteiger partial charge in [-0.1, -0.05) is 0 Å². The summed E-state index contributed by atoms with van der Waals surface area (Å²) in [6.45, 7) is 0. The van der Waals surface area contributed by atoms with Crippen molar-refractivity contribution in [1.82, 2.24) is 0 Å². The molecule has 72 valence electrons. The monoisotopic (exact) mass is 207 g/mol. The number of benzene rings is 1. The molecule has 0 spiro atoms. The molecule has 0 bridgehead atoms. The first kappa shape index (κ1) is 9.02. The van der Waals surface area contributed by atoms with E-state index in [4.69, 9.17) is 5.11 Å². The van der Waals surface area contributed by atoms with E-state index in [1.807, 2.05) is 29.6 Å². The third kappa shape index (κ3) is 1.44. The molecule has 0 aliphatic rings. The van der Waals surface area contributed by atoms with Gasteiger partial charge in [-0.05, 0) is 35.0 Å². The lowest BCUT2D eigenvalue weighted by molar-refractivity contribution is 0.203. The highest BCUT2D eigenvalue weighted by Crippen LogP contribution is 2.25. The van der Waals surface area contributed by atoms with Crippen LogP contribution in [0.1, 0.15) is 0 Å². The quantitative estimate of drug-likeness (QED) is 0.780. The van der Waals surface area contributed by atoms with E-state index in [1.165, 1.54) is 16.6 Å². The van der Waals surface area contributed by atoms with Gasteiger partial charge in [0.1, 0.15) is 0 Å². The van der Waals surface area contributed by atoms with Crippen LogP contribution < -0.4 is 4.90 Å². The molecule has 0 atom stereocenters. The Hall–Kier alpha value is -1.55. The molecule has 0 saturated carbocycles. The van der Waals surface area contributed by atoms with Gasteiger partial charge in [0.15, 0.2) is 0 Å². The van der Waals surface area contributed by atoms with E-state index in [1.54, 1.807) is 11.3 Å². The summed E-state index contributed by atoms with van der Waals surface area (Å²) in [5.74, 6) is 0. The summed E-state index contributed by atoms with van der Waals surface area (Å²) in [5, 5.41) is 11.9. The van der Waals surface area contributed by atoms with Crippen molar-refractivity contribution in [3.8, 4) is 0 Å². The molecule has 1 aromatic heterocycles. The van der Waals surface area contributed by atoms with Crippen LogP contribution >= 0.6 is 11.3 Å². The molecule has 14 heavy (non-hydrogen) atoms. The first-order valence-electron chi connectivity index (χ1n) is 4.12. The molecule has 1 heterocycles. The topological polar surface area (TPSA) is 40.5 Å². The maximum Gasteiger partial charge on any atom is 0.411 e. The highest BCUT2D eigenvalue weighted by atomic mass is 32.1. The molecular formula is C10H9NO2S. The number of amides is 1. The van der Waals surface area contributed by atoms with Crippen molar-refractivity contribution in [1.29, 1.82) is 0 Å². The van der Waals surface area contributed by atoms with Gasteiger partial charge in [0.2, 0.25) is 0 Å². The second kappa shape index (κ2) is 3.31. The predicted octanol–water partition coefficient (Wildman–Crippen LogP) is 3.02. The van der Waals surface area contributed by atoms with Crippen LogP contribution in [0, 0.1) is 0 Å². The molecule has 0 radical (unpaired) electrons. The van der Waals surface area contributed by atoms with E-state index in [2.05, 4.69) is 0 Å². The fourth-order valence-corrected chi connectivity index (χ4v) is 2.04. The third-order valence-electron chi connectivity index (χ3n) is 2.11. The summed E-state index contributed by atoms with van der Waals surface area (Å²) in [6, 6.07) is 7.61. The lowest BCUT2D eigenvalue weighted by Crippen LogP contribution is -2.23. The minimum Gasteiger partial charge on any atom is -0.465 e. The summed E-state index contributed by atoms with van der Waals surface area (Å²) < 4.78 is 1.17. The van der Waals surface area contributed by atoms with E-state index >= 15 is 0 Å². The molecule has 0 unspecified atom stereocenters. The Bertz CT molecular complexity index is 478. The van der Waals surface area contributed by atoms with Crippen molar-refractivity contribution in [3.63, 3.8) is 0 Å². The molecule has 0 aliphatic carbocycles. The molecule has 0 aliphatic heterocycles. The van der Waals surface area contributed by atoms with Crippen LogP contribution in [-0.4, -0.2) is 18.2 Å². The number of nitrogens with zero attached hydrogens (tertiary/aromatic N) is 1. The van der Waals surface area contributed by atoms with Gasteiger partial charge in [-0.2, -0.15) is 0 Å². The van der Waals surface area contributed by atoms with Crippen LogP contribution in [0.4, 0.5) is 10.5 Å². The summed E-state index contributed by atoms with van der Waals surface area (Å²) in [6.07, 6.45) is -0.945. The lowest BCUT2D eigenvalue weighted by atomic mass is 10.2. The number of carbonyl (C=O) groups is 1. The van der Waals surface area contributed by atoms with Gasteiger partial charge in [0.05, 0.1) is 0 Å². The van der Waals surface area contributed by atoms with Crippen molar-refractivity contribution < 1.29 is 9.90 Å². The summed E-state index contributed by atoms with van der Waals surface area (Å²) in [7, 11) is 1.54. The number of hydrogen-bond acceptors (Lipinski definition) is 2. The average molecular weight is 207 g/mol. The number of fused-ring (bicyclic) bond motifs is 1. The maximum absolute atomic E-state index is 10.7. The Labute approximate surface area is 85.2 Å². The second-order valence-corrected chi connectivity index (χ2v) is 3.93. The Morgan fingerprint density at radius 2 is 2.21 bits per heavy atom. The van der Waals surface area contributed by atoms with Crippen molar-refractivity contribution >= 4 is 33.2 Å². The third-order valence-corrected chi connectivity index (χ3v) is 3.01. The van der Waals surface area contributed by atoms with Crippen molar-refractivity contribution in [2.45, 2.75) is 0 Å². The SMILES string of the molecule is CN(C(=O)O)c1ccc2sccc2c1. The fraction of sp³-hybridized carbons (Fsp3) is 0.100. The molecule has 1 amide bonds. The first-order valence-corrected chi connectivity index (χ1v) is 5.00. The number of thiophene rings is 1. The van der Waals surface area contributed by atoms with Crippen LogP contribution in [0.2, 0.25) is 0 Å². The van der Waals surface area contributed by atoms with Crippen LogP contribution in [-0.2, 0) is 0 Å². The minimum absolute atomic E-state index is 0.698. The Morgan fingerprint density at radius 1 is 1.43 bits per heavy atom. The Balaban J connectivity index is 2.48. The maximum atomic E-state index is 10.7. The molecule has 1 aromatic carbocycles. The summed E-state index contributed by atoms with van der Waals surface area (Å²) in [4.78, 5) is 11.9. The van der Waals surface area contributed by atoms with Gasteiger partial charge in [-0.3, -0.25) is 4.90 Å². The van der Waals surface area contributed by atoms with Crippen LogP contribution in [0.3, 0.4) is 0 Å². The fourth-order valence-electron chi connectivity index (χ4n) is 1.27. The van der Waals surface area contributed by atoms with Gasteiger partial charge in [-0.15, -0.1) is 11.3 Å². The van der Waals surface area contributed by atoms with Crippen molar-refractivity contribution in [3.05, 3.63) is 29.6 Å². The predicted molar refractivity (Wildman–Crippen MR) is 58.3 cm³/mol. The average Bonchev–Trinajstić information content (AvgIpc) is 2.62. The molecule has 4 heteroatoms. The first-order chi connectivity index (χ1) is 6.68. The van der Waals surface area contributed by atoms with E-state index in [0.29, 0.717) is 5.69 Å². The molecule has 2 aromatic rings. The van der Waals surface area contributed by atoms with E-state index < -0.39 is 6.09 Å². The standard InChI is InChI=1S/C10H9NO2S/c1-11(10(12)13)8-2-3-9-7(6-8)4-5-14-9/h2-6H,1H3,(H,12,13). The molecular weight excluding hydrogens is 198 g/mol. The van der Waals surface area contributed by atoms with E-state index in [9.17, 15) is 4.79 Å². The normalized spacial score (nSPS) is 10.4. The largest absolute Gasteiger partial charge is 0.465 e. The van der Waals surface area contributed by atoms with Gasteiger partial charge < -0.3 is 5.11 Å². The number of anilines is 1. The van der Waals surface area contributed by atoms with Gasteiger partial charge in [0, 0.05) is 17.4 Å². The highest BCUT2D eigenvalue weighted by molar-refractivity contribution is 7.17. The zero-order chi connectivity index (χ0) is 10.1. The molecule has 0 fully saturated rings. The summed E-state index contributed by atoms with van der Waals surface area (Å²) >= 11 is 1.65. The van der Waals surface area contributed by atoms with Gasteiger partial charge in [0.25, 0.3) is 0 Å². The zero-order valence-corrected chi connectivity index (χ0v) is 8.41. The smallest absolute Gasteiger partial charge is 0.411 e. The minimum atomic E-state index is -0.945. The van der Waals surface area contributed by atoms with Crippen molar-refractivity contribution in [2.75, 3.05) is 11.9 Å². The molecule has 2 rings (SSSR count). The van der Waals surface area contributed by atoms with Gasteiger partial charge in [-0.25, -0.2) is 4.79 Å². The lowest BCUT2D eigenvalue weighted by Gasteiger charge is -2.12. The van der Waals surface area contributed by atoms with E-state index in [0.717, 1.165) is 5.39 Å². The second-order valence-electron chi connectivity index (χ2n) is 2.98. The van der Waals surface area contributed by atoms with E-state index in [-0.39, 0.29) is 0 Å². The van der Waals surface area contributed by atoms with Crippen molar-refractivity contribution in [2.24, 2.45) is 0 Å². The summed E-state index contributed by atoms with van der Waals surface area (Å²) in [5.41, 5.74) is 0.698. The zero-order valence-electron chi connectivity index (χ0n) is 7.60. The van der Waals surface area contributed by atoms with Gasteiger partial charge >= 0.3 is 6.09 Å². The molecule has 3 nitrogen and oxygen atoms in total. The Morgan fingerprint density at radius 3 is 2.93 bits per heavy atom. The van der Waals surface area contributed by atoms with Crippen LogP contribution in [0.25, 0.3) is 10.1 Å². The number of carboxylic acid groups (broad SMARTS) is 1. The Kier molecular flexibility index (Phi) is 2.13. The van der Waals surface area contributed by atoms with Crippen LogP contribution in [0.5, 0.6) is 0 Å².